The lowest BCUT2D eigenvalue weighted by molar-refractivity contribution is -0.166. The van der Waals surface area contributed by atoms with E-state index in [1.54, 1.807) is 19.1 Å². The minimum absolute atomic E-state index is 0.0126. The number of imide groups is 1. The van der Waals surface area contributed by atoms with E-state index >= 15 is 0 Å². The third-order valence-corrected chi connectivity index (χ3v) is 6.00. The largest absolute Gasteiger partial charge is 0.493 e. The number of hydrogen-bond donors (Lipinski definition) is 1. The molecule has 2 atom stereocenters. The Kier molecular flexibility index (Phi) is 6.30. The molecular formula is C21H26F3N3O5. The topological polar surface area (TPSA) is 88.2 Å². The Morgan fingerprint density at radius 2 is 1.88 bits per heavy atom. The molecule has 3 rings (SSSR count). The molecule has 4 amide bonds. The number of amides is 4. The van der Waals surface area contributed by atoms with E-state index in [9.17, 15) is 27.6 Å². The third kappa shape index (κ3) is 4.61. The summed E-state index contributed by atoms with van der Waals surface area (Å²) in [4.78, 5) is 39.8. The number of nitrogens with zero attached hydrogens (tertiary/aromatic N) is 2. The summed E-state index contributed by atoms with van der Waals surface area (Å²) in [6.07, 6.45) is -3.11. The van der Waals surface area contributed by atoms with Gasteiger partial charge < -0.3 is 19.7 Å². The number of methoxy groups -OCH3 is 2. The van der Waals surface area contributed by atoms with Crippen LogP contribution >= 0.6 is 0 Å². The highest BCUT2D eigenvalue weighted by molar-refractivity contribution is 6.09. The summed E-state index contributed by atoms with van der Waals surface area (Å²) in [5.41, 5.74) is -1.14. The Labute approximate surface area is 183 Å². The van der Waals surface area contributed by atoms with Gasteiger partial charge in [-0.15, -0.1) is 0 Å². The Balaban J connectivity index is 1.82. The molecule has 1 heterocycles. The van der Waals surface area contributed by atoms with E-state index in [2.05, 4.69) is 5.32 Å². The number of alkyl halides is 3. The van der Waals surface area contributed by atoms with Crippen molar-refractivity contribution in [3.63, 3.8) is 0 Å². The first-order valence-corrected chi connectivity index (χ1v) is 10.1. The molecule has 2 unspecified atom stereocenters. The Bertz CT molecular complexity index is 918. The van der Waals surface area contributed by atoms with Crippen LogP contribution in [0.25, 0.3) is 0 Å². The number of rotatable bonds is 8. The van der Waals surface area contributed by atoms with E-state index < -0.39 is 48.7 Å². The van der Waals surface area contributed by atoms with Crippen molar-refractivity contribution in [3.05, 3.63) is 23.8 Å². The lowest BCUT2D eigenvalue weighted by atomic mass is 9.91. The van der Waals surface area contributed by atoms with Crippen molar-refractivity contribution in [1.82, 2.24) is 15.1 Å². The normalized spacial score (nSPS) is 21.9. The fraction of sp³-hybridized carbons (Fsp3) is 0.571. The molecule has 1 aliphatic heterocycles. The summed E-state index contributed by atoms with van der Waals surface area (Å²) >= 11 is 0. The smallest absolute Gasteiger partial charge is 0.406 e. The van der Waals surface area contributed by atoms with Gasteiger partial charge in [0.25, 0.3) is 5.91 Å². The van der Waals surface area contributed by atoms with Crippen LogP contribution in [0.5, 0.6) is 11.5 Å². The number of carbonyl (C=O) groups excluding carboxylic acids is 3. The van der Waals surface area contributed by atoms with E-state index in [1.807, 2.05) is 0 Å². The fourth-order valence-electron chi connectivity index (χ4n) is 3.90. The molecule has 0 bridgehead atoms. The highest BCUT2D eigenvalue weighted by Gasteiger charge is 2.51. The zero-order chi connectivity index (χ0) is 23.8. The van der Waals surface area contributed by atoms with Gasteiger partial charge in [0.1, 0.15) is 18.6 Å². The first-order chi connectivity index (χ1) is 14.9. The van der Waals surface area contributed by atoms with Crippen LogP contribution in [0.15, 0.2) is 18.2 Å². The van der Waals surface area contributed by atoms with Gasteiger partial charge in [-0.1, -0.05) is 6.07 Å². The Morgan fingerprint density at radius 1 is 1.25 bits per heavy atom. The quantitative estimate of drug-likeness (QED) is 0.607. The molecule has 1 N–H and O–H groups in total. The van der Waals surface area contributed by atoms with Gasteiger partial charge in [-0.05, 0) is 50.3 Å². The number of halogens is 3. The molecule has 1 saturated heterocycles. The number of carbonyl (C=O) groups is 3. The van der Waals surface area contributed by atoms with Gasteiger partial charge in [-0.3, -0.25) is 14.5 Å². The van der Waals surface area contributed by atoms with Crippen molar-refractivity contribution in [2.24, 2.45) is 5.92 Å². The molecular weight excluding hydrogens is 431 g/mol. The SMILES string of the molecule is COc1ccc(C2(C)NC(=O)N(CC(=O)N(CC(F)(F)F)C(C)C3CC3)C2=O)cc1OC. The maximum absolute atomic E-state index is 13.1. The molecule has 8 nitrogen and oxygen atoms in total. The Morgan fingerprint density at radius 3 is 2.41 bits per heavy atom. The summed E-state index contributed by atoms with van der Waals surface area (Å²) in [6.45, 7) is 0.807. The molecule has 2 aliphatic rings. The van der Waals surface area contributed by atoms with E-state index in [4.69, 9.17) is 9.47 Å². The van der Waals surface area contributed by atoms with Gasteiger partial charge in [0.2, 0.25) is 5.91 Å². The van der Waals surface area contributed by atoms with Gasteiger partial charge in [-0.2, -0.15) is 13.2 Å². The number of benzene rings is 1. The number of ether oxygens (including phenoxy) is 2. The van der Waals surface area contributed by atoms with Crippen molar-refractivity contribution >= 4 is 17.8 Å². The number of nitrogens with one attached hydrogen (secondary N) is 1. The monoisotopic (exact) mass is 457 g/mol. The number of hydrogen-bond acceptors (Lipinski definition) is 5. The molecule has 1 aromatic rings. The second-order valence-electron chi connectivity index (χ2n) is 8.23. The molecule has 0 aromatic heterocycles. The highest BCUT2D eigenvalue weighted by atomic mass is 19.4. The molecule has 0 spiro atoms. The zero-order valence-corrected chi connectivity index (χ0v) is 18.3. The van der Waals surface area contributed by atoms with Crippen LogP contribution < -0.4 is 14.8 Å². The van der Waals surface area contributed by atoms with Gasteiger partial charge >= 0.3 is 12.2 Å². The van der Waals surface area contributed by atoms with Gasteiger partial charge in [0.15, 0.2) is 11.5 Å². The molecule has 32 heavy (non-hydrogen) atoms. The fourth-order valence-corrected chi connectivity index (χ4v) is 3.90. The molecule has 0 radical (unpaired) electrons. The van der Waals surface area contributed by atoms with Crippen LogP contribution in [0.1, 0.15) is 32.3 Å². The standard InChI is InChI=1S/C21H26F3N3O5/c1-12(13-5-6-13)27(11-21(22,23)24)17(28)10-26-18(29)20(2,25-19(26)30)14-7-8-15(31-3)16(9-14)32-4/h7-9,12-13H,5-6,10-11H2,1-4H3,(H,25,30). The minimum atomic E-state index is -4.59. The van der Waals surface area contributed by atoms with Crippen molar-refractivity contribution in [1.29, 1.82) is 0 Å². The van der Waals surface area contributed by atoms with Crippen molar-refractivity contribution in [3.8, 4) is 11.5 Å². The molecule has 1 aliphatic carbocycles. The molecule has 11 heteroatoms. The first-order valence-electron chi connectivity index (χ1n) is 10.1. The average molecular weight is 457 g/mol. The van der Waals surface area contributed by atoms with E-state index in [0.717, 1.165) is 12.8 Å². The van der Waals surface area contributed by atoms with Crippen molar-refractivity contribution < 1.29 is 37.0 Å². The predicted octanol–water partition coefficient (Wildman–Crippen LogP) is 2.66. The predicted molar refractivity (Wildman–Crippen MR) is 107 cm³/mol. The van der Waals surface area contributed by atoms with Crippen LogP contribution in [0.2, 0.25) is 0 Å². The first kappa shape index (κ1) is 23.7. The minimum Gasteiger partial charge on any atom is -0.493 e. The van der Waals surface area contributed by atoms with Gasteiger partial charge in [-0.25, -0.2) is 4.79 Å². The third-order valence-electron chi connectivity index (χ3n) is 6.00. The second-order valence-corrected chi connectivity index (χ2v) is 8.23. The summed E-state index contributed by atoms with van der Waals surface area (Å²) in [6, 6.07) is 3.16. The molecule has 1 aromatic carbocycles. The summed E-state index contributed by atoms with van der Waals surface area (Å²) in [7, 11) is 2.87. The number of urea groups is 1. The van der Waals surface area contributed by atoms with E-state index in [0.29, 0.717) is 26.9 Å². The van der Waals surface area contributed by atoms with Crippen LogP contribution in [0, 0.1) is 5.92 Å². The van der Waals surface area contributed by atoms with Crippen LogP contribution in [0.4, 0.5) is 18.0 Å². The van der Waals surface area contributed by atoms with Crippen LogP contribution in [-0.2, 0) is 15.1 Å². The summed E-state index contributed by atoms with van der Waals surface area (Å²) < 4.78 is 49.6. The van der Waals surface area contributed by atoms with E-state index in [-0.39, 0.29) is 5.92 Å². The van der Waals surface area contributed by atoms with Crippen molar-refractivity contribution in [2.75, 3.05) is 27.3 Å². The van der Waals surface area contributed by atoms with Crippen LogP contribution in [-0.4, -0.2) is 67.2 Å². The highest BCUT2D eigenvalue weighted by Crippen LogP contribution is 2.37. The molecule has 2 fully saturated rings. The maximum atomic E-state index is 13.1. The molecule has 176 valence electrons. The maximum Gasteiger partial charge on any atom is 0.406 e. The second kappa shape index (κ2) is 8.51. The Hall–Kier alpha value is -2.98. The lowest BCUT2D eigenvalue weighted by Gasteiger charge is -2.31. The van der Waals surface area contributed by atoms with Gasteiger partial charge in [0.05, 0.1) is 14.2 Å². The van der Waals surface area contributed by atoms with Crippen LogP contribution in [0.3, 0.4) is 0 Å². The summed E-state index contributed by atoms with van der Waals surface area (Å²) in [5.74, 6) is -0.935. The van der Waals surface area contributed by atoms with Crippen molar-refractivity contribution in [2.45, 2.75) is 44.4 Å². The summed E-state index contributed by atoms with van der Waals surface area (Å²) in [5, 5.41) is 2.54. The van der Waals surface area contributed by atoms with Gasteiger partial charge in [0, 0.05) is 6.04 Å². The lowest BCUT2D eigenvalue weighted by Crippen LogP contribution is -2.50. The van der Waals surface area contributed by atoms with E-state index in [1.165, 1.54) is 27.2 Å². The average Bonchev–Trinajstić information content (AvgIpc) is 3.55. The zero-order valence-electron chi connectivity index (χ0n) is 18.3. The molecule has 1 saturated carbocycles.